The number of urea groups is 1. The highest BCUT2D eigenvalue weighted by atomic mass is 16.3. The van der Waals surface area contributed by atoms with Crippen LogP contribution in [-0.2, 0) is 0 Å². The lowest BCUT2D eigenvalue weighted by molar-refractivity contribution is -0.0785. The lowest BCUT2D eigenvalue weighted by Crippen LogP contribution is -2.66. The molecule has 4 nitrogen and oxygen atoms in total. The summed E-state index contributed by atoms with van der Waals surface area (Å²) in [5.74, 6) is 0. The maximum atomic E-state index is 11.5. The van der Waals surface area contributed by atoms with Crippen molar-refractivity contribution in [2.75, 3.05) is 13.1 Å². The molecule has 0 radical (unpaired) electrons. The van der Waals surface area contributed by atoms with Crippen molar-refractivity contribution in [1.82, 2.24) is 10.2 Å². The molecule has 0 atom stereocenters. The number of likely N-dealkylation sites (tertiary alicyclic amines) is 1. The third-order valence-electron chi connectivity index (χ3n) is 2.40. The molecule has 0 bridgehead atoms. The van der Waals surface area contributed by atoms with Gasteiger partial charge < -0.3 is 15.3 Å². The number of nitrogens with one attached hydrogen (secondary N) is 1. The fraction of sp³-hybridized carbons (Fsp3) is 0.900. The molecule has 0 aromatic carbocycles. The van der Waals surface area contributed by atoms with Gasteiger partial charge in [0.15, 0.2) is 0 Å². The van der Waals surface area contributed by atoms with Crippen LogP contribution in [-0.4, -0.2) is 40.3 Å². The van der Waals surface area contributed by atoms with Gasteiger partial charge in [0.1, 0.15) is 0 Å². The second-order valence-corrected chi connectivity index (χ2v) is 5.11. The summed E-state index contributed by atoms with van der Waals surface area (Å²) in [4.78, 5) is 13.2. The van der Waals surface area contributed by atoms with Crippen LogP contribution in [0.15, 0.2) is 0 Å². The Bertz CT molecular complexity index is 227. The van der Waals surface area contributed by atoms with Gasteiger partial charge in [0.2, 0.25) is 0 Å². The predicted molar refractivity (Wildman–Crippen MR) is 55.1 cm³/mol. The Hall–Kier alpha value is -0.770. The summed E-state index contributed by atoms with van der Waals surface area (Å²) in [6, 6.07) is -0.0874. The molecule has 1 aliphatic rings. The Labute approximate surface area is 85.3 Å². The highest BCUT2D eigenvalue weighted by Gasteiger charge is 2.42. The van der Waals surface area contributed by atoms with Crippen LogP contribution >= 0.6 is 0 Å². The van der Waals surface area contributed by atoms with Crippen LogP contribution in [0.1, 0.15) is 34.1 Å². The van der Waals surface area contributed by atoms with Gasteiger partial charge in [0.25, 0.3) is 0 Å². The summed E-state index contributed by atoms with van der Waals surface area (Å²) in [5, 5.41) is 12.6. The molecule has 1 fully saturated rings. The molecule has 1 saturated heterocycles. The minimum atomic E-state index is -0.644. The van der Waals surface area contributed by atoms with Crippen molar-refractivity contribution >= 4 is 6.03 Å². The Balaban J connectivity index is 2.37. The zero-order valence-corrected chi connectivity index (χ0v) is 9.42. The summed E-state index contributed by atoms with van der Waals surface area (Å²) in [7, 11) is 0. The molecule has 0 aliphatic carbocycles. The van der Waals surface area contributed by atoms with Crippen LogP contribution in [0.3, 0.4) is 0 Å². The molecule has 1 rings (SSSR count). The number of carbonyl (C=O) groups is 1. The molecule has 82 valence electrons. The van der Waals surface area contributed by atoms with Gasteiger partial charge in [-0.15, -0.1) is 0 Å². The number of hydrogen-bond acceptors (Lipinski definition) is 2. The van der Waals surface area contributed by atoms with Gasteiger partial charge in [-0.25, -0.2) is 4.79 Å². The molecule has 0 saturated carbocycles. The van der Waals surface area contributed by atoms with Gasteiger partial charge in [-0.2, -0.15) is 0 Å². The first-order chi connectivity index (χ1) is 6.26. The van der Waals surface area contributed by atoms with E-state index < -0.39 is 5.60 Å². The summed E-state index contributed by atoms with van der Waals surface area (Å²) < 4.78 is 0. The van der Waals surface area contributed by atoms with Crippen molar-refractivity contribution in [2.24, 2.45) is 0 Å². The summed E-state index contributed by atoms with van der Waals surface area (Å²) in [6.07, 6.45) is 0.701. The van der Waals surface area contributed by atoms with Gasteiger partial charge in [0.05, 0.1) is 18.7 Å². The van der Waals surface area contributed by atoms with E-state index in [4.69, 9.17) is 0 Å². The molecular weight excluding hydrogens is 180 g/mol. The third kappa shape index (κ3) is 2.61. The Morgan fingerprint density at radius 2 is 2.00 bits per heavy atom. The van der Waals surface area contributed by atoms with Crippen molar-refractivity contribution in [3.05, 3.63) is 0 Å². The topological polar surface area (TPSA) is 52.6 Å². The lowest BCUT2D eigenvalue weighted by atomic mass is 9.92. The molecule has 4 heteroatoms. The average Bonchev–Trinajstić information content (AvgIpc) is 1.95. The van der Waals surface area contributed by atoms with Crippen LogP contribution in [0.2, 0.25) is 0 Å². The normalized spacial score (nSPS) is 20.2. The zero-order chi connectivity index (χ0) is 11.0. The first kappa shape index (κ1) is 11.3. The number of hydrogen-bond donors (Lipinski definition) is 2. The molecule has 0 spiro atoms. The Morgan fingerprint density at radius 3 is 2.36 bits per heavy atom. The Kier molecular flexibility index (Phi) is 2.76. The fourth-order valence-electron chi connectivity index (χ4n) is 1.43. The van der Waals surface area contributed by atoms with Crippen LogP contribution < -0.4 is 5.32 Å². The van der Waals surface area contributed by atoms with E-state index in [9.17, 15) is 9.90 Å². The number of amides is 2. The van der Waals surface area contributed by atoms with E-state index in [1.54, 1.807) is 4.90 Å². The van der Waals surface area contributed by atoms with Gasteiger partial charge in [-0.05, 0) is 27.2 Å². The first-order valence-corrected chi connectivity index (χ1v) is 5.05. The van der Waals surface area contributed by atoms with Gasteiger partial charge in [-0.1, -0.05) is 6.92 Å². The molecule has 0 unspecified atom stereocenters. The molecule has 2 amide bonds. The fourth-order valence-corrected chi connectivity index (χ4v) is 1.43. The Morgan fingerprint density at radius 1 is 1.50 bits per heavy atom. The van der Waals surface area contributed by atoms with E-state index >= 15 is 0 Å². The SMILES string of the molecule is CCC1(O)CN(C(=O)NC(C)(C)C)C1. The molecule has 1 aliphatic heterocycles. The van der Waals surface area contributed by atoms with Crippen LogP contribution in [0.4, 0.5) is 4.79 Å². The number of β-amino-alcohol motifs (C(OH)–C–C–N with tert-alkyl or cyclic N) is 1. The van der Waals surface area contributed by atoms with E-state index in [1.165, 1.54) is 0 Å². The molecular formula is C10H20N2O2. The molecule has 0 aromatic rings. The summed E-state index contributed by atoms with van der Waals surface area (Å²) >= 11 is 0. The second kappa shape index (κ2) is 3.42. The predicted octanol–water partition coefficient (Wildman–Crippen LogP) is 0.951. The van der Waals surface area contributed by atoms with E-state index in [1.807, 2.05) is 27.7 Å². The zero-order valence-electron chi connectivity index (χ0n) is 9.42. The largest absolute Gasteiger partial charge is 0.386 e. The van der Waals surface area contributed by atoms with Crippen molar-refractivity contribution in [3.63, 3.8) is 0 Å². The van der Waals surface area contributed by atoms with E-state index in [0.29, 0.717) is 19.5 Å². The summed E-state index contributed by atoms with van der Waals surface area (Å²) in [6.45, 7) is 8.65. The minimum absolute atomic E-state index is 0.0874. The number of carbonyl (C=O) groups excluding carboxylic acids is 1. The standard InChI is InChI=1S/C10H20N2O2/c1-5-10(14)6-12(7-10)8(13)11-9(2,3)4/h14H,5-7H2,1-4H3,(H,11,13). The van der Waals surface area contributed by atoms with Gasteiger partial charge in [-0.3, -0.25) is 0 Å². The average molecular weight is 200 g/mol. The minimum Gasteiger partial charge on any atom is -0.386 e. The maximum absolute atomic E-state index is 11.5. The smallest absolute Gasteiger partial charge is 0.318 e. The molecule has 0 aromatic heterocycles. The highest BCUT2D eigenvalue weighted by Crippen LogP contribution is 2.24. The van der Waals surface area contributed by atoms with Crippen LogP contribution in [0.5, 0.6) is 0 Å². The molecule has 14 heavy (non-hydrogen) atoms. The van der Waals surface area contributed by atoms with Crippen molar-refractivity contribution in [2.45, 2.75) is 45.3 Å². The van der Waals surface area contributed by atoms with Crippen LogP contribution in [0, 0.1) is 0 Å². The monoisotopic (exact) mass is 200 g/mol. The maximum Gasteiger partial charge on any atom is 0.318 e. The van der Waals surface area contributed by atoms with Gasteiger partial charge >= 0.3 is 6.03 Å². The summed E-state index contributed by atoms with van der Waals surface area (Å²) in [5.41, 5.74) is -0.855. The van der Waals surface area contributed by atoms with Crippen molar-refractivity contribution in [3.8, 4) is 0 Å². The quantitative estimate of drug-likeness (QED) is 0.662. The third-order valence-corrected chi connectivity index (χ3v) is 2.40. The molecule has 1 heterocycles. The van der Waals surface area contributed by atoms with Crippen molar-refractivity contribution in [1.29, 1.82) is 0 Å². The van der Waals surface area contributed by atoms with Gasteiger partial charge in [0, 0.05) is 5.54 Å². The molecule has 2 N–H and O–H groups in total. The van der Waals surface area contributed by atoms with Crippen molar-refractivity contribution < 1.29 is 9.90 Å². The number of rotatable bonds is 1. The van der Waals surface area contributed by atoms with Crippen LogP contribution in [0.25, 0.3) is 0 Å². The van der Waals surface area contributed by atoms with E-state index in [0.717, 1.165) is 0 Å². The van der Waals surface area contributed by atoms with E-state index in [2.05, 4.69) is 5.32 Å². The first-order valence-electron chi connectivity index (χ1n) is 5.05. The second-order valence-electron chi connectivity index (χ2n) is 5.11. The van der Waals surface area contributed by atoms with E-state index in [-0.39, 0.29) is 11.6 Å². The highest BCUT2D eigenvalue weighted by molar-refractivity contribution is 5.76. The number of nitrogens with zero attached hydrogens (tertiary/aromatic N) is 1. The lowest BCUT2D eigenvalue weighted by Gasteiger charge is -2.46. The number of aliphatic hydroxyl groups is 1.